The molecule has 2 heterocycles. The number of hydrogen-bond donors (Lipinski definition) is 1. The molecule has 0 radical (unpaired) electrons. The number of aromatic nitrogens is 4. The van der Waals surface area contributed by atoms with Gasteiger partial charge in [0.25, 0.3) is 0 Å². The minimum atomic E-state index is 0.254. The quantitative estimate of drug-likeness (QED) is 0.628. The zero-order valence-electron chi connectivity index (χ0n) is 6.43. The van der Waals surface area contributed by atoms with Crippen LogP contribution in [0, 0.1) is 0 Å². The Hall–Kier alpha value is -1.85. The van der Waals surface area contributed by atoms with Crippen molar-refractivity contribution in [3.63, 3.8) is 0 Å². The van der Waals surface area contributed by atoms with Crippen LogP contribution in [0.3, 0.4) is 0 Å². The van der Waals surface area contributed by atoms with Gasteiger partial charge in [-0.2, -0.15) is 4.52 Å². The van der Waals surface area contributed by atoms with E-state index in [9.17, 15) is 0 Å². The van der Waals surface area contributed by atoms with Crippen LogP contribution in [0.4, 0.5) is 5.95 Å². The Labute approximate surface area is 68.0 Å². The summed E-state index contributed by atoms with van der Waals surface area (Å²) in [5.41, 5.74) is 6.08. The molecule has 0 bridgehead atoms. The van der Waals surface area contributed by atoms with Crippen LogP contribution in [-0.2, 0) is 0 Å². The summed E-state index contributed by atoms with van der Waals surface area (Å²) in [7, 11) is 1.54. The van der Waals surface area contributed by atoms with Gasteiger partial charge in [-0.25, -0.2) is 0 Å². The molecule has 62 valence electrons. The highest BCUT2D eigenvalue weighted by atomic mass is 16.5. The van der Waals surface area contributed by atoms with E-state index in [0.29, 0.717) is 11.5 Å². The van der Waals surface area contributed by atoms with Crippen molar-refractivity contribution in [1.29, 1.82) is 0 Å². The van der Waals surface area contributed by atoms with Gasteiger partial charge in [0.15, 0.2) is 5.65 Å². The standard InChI is InChI=1S/C6H7N5O/c1-12-5-3-2-4-8-9-6(7)11(4)10-5/h2-3H,1H3,(H2,7,9). The molecule has 12 heavy (non-hydrogen) atoms. The summed E-state index contributed by atoms with van der Waals surface area (Å²) in [5, 5.41) is 11.4. The van der Waals surface area contributed by atoms with Gasteiger partial charge in [-0.15, -0.1) is 15.3 Å². The lowest BCUT2D eigenvalue weighted by molar-refractivity contribution is 0.390. The molecule has 0 aliphatic heterocycles. The van der Waals surface area contributed by atoms with Gasteiger partial charge < -0.3 is 10.5 Å². The lowest BCUT2D eigenvalue weighted by atomic mass is 10.5. The molecule has 6 heteroatoms. The predicted octanol–water partition coefficient (Wildman–Crippen LogP) is -0.285. The second-order valence-corrected chi connectivity index (χ2v) is 2.20. The summed E-state index contributed by atoms with van der Waals surface area (Å²) in [6.07, 6.45) is 0. The first kappa shape index (κ1) is 6.84. The Morgan fingerprint density at radius 2 is 2.25 bits per heavy atom. The van der Waals surface area contributed by atoms with Crippen molar-refractivity contribution in [2.45, 2.75) is 0 Å². The highest BCUT2D eigenvalue weighted by molar-refractivity contribution is 5.42. The number of ether oxygens (including phenoxy) is 1. The van der Waals surface area contributed by atoms with E-state index in [1.54, 1.807) is 12.1 Å². The molecule has 0 aliphatic carbocycles. The first-order valence-electron chi connectivity index (χ1n) is 3.33. The van der Waals surface area contributed by atoms with Crippen LogP contribution < -0.4 is 10.5 Å². The molecule has 0 atom stereocenters. The molecule has 0 saturated heterocycles. The van der Waals surface area contributed by atoms with E-state index in [1.807, 2.05) is 0 Å². The van der Waals surface area contributed by atoms with E-state index in [0.717, 1.165) is 0 Å². The molecular formula is C6H7N5O. The minimum absolute atomic E-state index is 0.254. The van der Waals surface area contributed by atoms with Gasteiger partial charge in [0.05, 0.1) is 7.11 Å². The number of nitrogens with two attached hydrogens (primary N) is 1. The van der Waals surface area contributed by atoms with Crippen molar-refractivity contribution < 1.29 is 4.74 Å². The number of hydrogen-bond acceptors (Lipinski definition) is 5. The minimum Gasteiger partial charge on any atom is -0.480 e. The fraction of sp³-hybridized carbons (Fsp3) is 0.167. The van der Waals surface area contributed by atoms with E-state index in [4.69, 9.17) is 10.5 Å². The Morgan fingerprint density at radius 1 is 1.42 bits per heavy atom. The first-order valence-corrected chi connectivity index (χ1v) is 3.33. The topological polar surface area (TPSA) is 78.3 Å². The molecule has 2 rings (SSSR count). The number of fused-ring (bicyclic) bond motifs is 1. The van der Waals surface area contributed by atoms with Gasteiger partial charge in [0.1, 0.15) is 0 Å². The van der Waals surface area contributed by atoms with Crippen LogP contribution >= 0.6 is 0 Å². The maximum atomic E-state index is 5.47. The Bertz CT molecular complexity index is 409. The molecule has 0 saturated carbocycles. The molecule has 0 aliphatic rings. The third-order valence-electron chi connectivity index (χ3n) is 1.47. The van der Waals surface area contributed by atoms with Gasteiger partial charge in [0, 0.05) is 6.07 Å². The van der Waals surface area contributed by atoms with Crippen molar-refractivity contribution in [2.24, 2.45) is 0 Å². The monoisotopic (exact) mass is 165 g/mol. The van der Waals surface area contributed by atoms with Gasteiger partial charge in [-0.3, -0.25) is 0 Å². The maximum Gasteiger partial charge on any atom is 0.243 e. The van der Waals surface area contributed by atoms with E-state index >= 15 is 0 Å². The van der Waals surface area contributed by atoms with Crippen molar-refractivity contribution in [2.75, 3.05) is 12.8 Å². The second kappa shape index (κ2) is 2.33. The highest BCUT2D eigenvalue weighted by Crippen LogP contribution is 2.08. The molecule has 0 unspecified atom stereocenters. The Balaban J connectivity index is 2.71. The average Bonchev–Trinajstić information content (AvgIpc) is 2.47. The van der Waals surface area contributed by atoms with E-state index < -0.39 is 0 Å². The molecule has 0 aromatic carbocycles. The number of anilines is 1. The predicted molar refractivity (Wildman–Crippen MR) is 41.7 cm³/mol. The van der Waals surface area contributed by atoms with Crippen LogP contribution in [0.1, 0.15) is 0 Å². The van der Waals surface area contributed by atoms with Crippen molar-refractivity contribution in [3.8, 4) is 5.88 Å². The van der Waals surface area contributed by atoms with Crippen molar-refractivity contribution in [3.05, 3.63) is 12.1 Å². The molecule has 6 nitrogen and oxygen atoms in total. The fourth-order valence-corrected chi connectivity index (χ4v) is 0.898. The van der Waals surface area contributed by atoms with Crippen LogP contribution in [0.15, 0.2) is 12.1 Å². The summed E-state index contributed by atoms with van der Waals surface area (Å²) in [5.74, 6) is 0.734. The van der Waals surface area contributed by atoms with Gasteiger partial charge in [0.2, 0.25) is 11.8 Å². The molecule has 0 amide bonds. The molecule has 2 aromatic heterocycles. The number of nitrogen functional groups attached to an aromatic ring is 1. The third-order valence-corrected chi connectivity index (χ3v) is 1.47. The first-order chi connectivity index (χ1) is 5.81. The van der Waals surface area contributed by atoms with Crippen LogP contribution in [0.2, 0.25) is 0 Å². The third kappa shape index (κ3) is 0.849. The second-order valence-electron chi connectivity index (χ2n) is 2.20. The van der Waals surface area contributed by atoms with Crippen LogP contribution in [-0.4, -0.2) is 26.9 Å². The van der Waals surface area contributed by atoms with E-state index in [-0.39, 0.29) is 5.95 Å². The fourth-order valence-electron chi connectivity index (χ4n) is 0.898. The largest absolute Gasteiger partial charge is 0.480 e. The summed E-state index contributed by atoms with van der Waals surface area (Å²) in [4.78, 5) is 0. The lowest BCUT2D eigenvalue weighted by Crippen LogP contribution is -1.99. The average molecular weight is 165 g/mol. The molecule has 2 N–H and O–H groups in total. The molecular weight excluding hydrogens is 158 g/mol. The number of rotatable bonds is 1. The van der Waals surface area contributed by atoms with Gasteiger partial charge in [-0.05, 0) is 6.07 Å². The zero-order valence-corrected chi connectivity index (χ0v) is 6.43. The molecule has 0 spiro atoms. The zero-order chi connectivity index (χ0) is 8.55. The van der Waals surface area contributed by atoms with Gasteiger partial charge in [-0.1, -0.05) is 0 Å². The number of methoxy groups -OCH3 is 1. The summed E-state index contributed by atoms with van der Waals surface area (Å²) >= 11 is 0. The van der Waals surface area contributed by atoms with Crippen LogP contribution in [0.25, 0.3) is 5.65 Å². The molecule has 0 fully saturated rings. The van der Waals surface area contributed by atoms with Crippen molar-refractivity contribution in [1.82, 2.24) is 19.8 Å². The Kier molecular flexibility index (Phi) is 1.33. The maximum absolute atomic E-state index is 5.47. The lowest BCUT2D eigenvalue weighted by Gasteiger charge is -1.97. The normalized spacial score (nSPS) is 10.4. The van der Waals surface area contributed by atoms with Gasteiger partial charge >= 0.3 is 0 Å². The highest BCUT2D eigenvalue weighted by Gasteiger charge is 2.02. The summed E-state index contributed by atoms with van der Waals surface area (Å²) in [6, 6.07) is 3.43. The van der Waals surface area contributed by atoms with E-state index in [1.165, 1.54) is 11.6 Å². The van der Waals surface area contributed by atoms with Crippen LogP contribution in [0.5, 0.6) is 5.88 Å². The summed E-state index contributed by atoms with van der Waals surface area (Å²) < 4.78 is 6.32. The molecule has 2 aromatic rings. The van der Waals surface area contributed by atoms with E-state index in [2.05, 4.69) is 15.3 Å². The Morgan fingerprint density at radius 3 is 3.00 bits per heavy atom. The SMILES string of the molecule is COc1ccc2nnc(N)n2n1. The smallest absolute Gasteiger partial charge is 0.243 e. The van der Waals surface area contributed by atoms with Crippen molar-refractivity contribution >= 4 is 11.6 Å². The number of nitrogens with zero attached hydrogens (tertiary/aromatic N) is 4. The summed E-state index contributed by atoms with van der Waals surface area (Å²) in [6.45, 7) is 0.